The van der Waals surface area contributed by atoms with Crippen LogP contribution >= 0.6 is 0 Å². The van der Waals surface area contributed by atoms with E-state index < -0.39 is 40.5 Å². The van der Waals surface area contributed by atoms with Crippen LogP contribution in [0.2, 0.25) is 0 Å². The number of allylic oxidation sites excluding steroid dienone is 1. The fraction of sp³-hybridized carbons (Fsp3) is 0.400. The first-order chi connectivity index (χ1) is 11.3. The molecule has 0 radical (unpaired) electrons. The van der Waals surface area contributed by atoms with Gasteiger partial charge in [-0.2, -0.15) is 0 Å². The van der Waals surface area contributed by atoms with Crippen molar-refractivity contribution in [3.8, 4) is 0 Å². The van der Waals surface area contributed by atoms with Gasteiger partial charge >= 0.3 is 4.38 Å². The molecule has 6 nitrogen and oxygen atoms in total. The lowest BCUT2D eigenvalue weighted by Gasteiger charge is -2.02. The molecule has 1 aromatic carbocycles. The van der Waals surface area contributed by atoms with Gasteiger partial charge in [0.15, 0.2) is 0 Å². The maximum absolute atomic E-state index is 13.2. The maximum Gasteiger partial charge on any atom is 0.499 e. The minimum absolute atomic E-state index is 0.287. The minimum Gasteiger partial charge on any atom is -0.359 e. The summed E-state index contributed by atoms with van der Waals surface area (Å²) in [6.07, 6.45) is 7.22. The van der Waals surface area contributed by atoms with Crippen molar-refractivity contribution in [1.29, 1.82) is 0 Å². The highest BCUT2D eigenvalue weighted by atomic mass is 32.3. The third-order valence-corrected chi connectivity index (χ3v) is 7.89. The van der Waals surface area contributed by atoms with Gasteiger partial charge in [-0.25, -0.2) is 21.2 Å². The SMILES string of the molecule is [N-]=[N+]=C(S(=O)(=O)CC=CC1CCCC1)S(=O)(=O)c1cccc(F)c1. The monoisotopic (exact) mass is 372 g/mol. The number of hydrogen-bond acceptors (Lipinski definition) is 4. The second kappa shape index (κ2) is 7.38. The Labute approximate surface area is 140 Å². The quantitative estimate of drug-likeness (QED) is 0.266. The van der Waals surface area contributed by atoms with Gasteiger partial charge in [0.2, 0.25) is 0 Å². The third kappa shape index (κ3) is 4.17. The van der Waals surface area contributed by atoms with Crippen LogP contribution in [0.1, 0.15) is 25.7 Å². The number of hydrogen-bond donors (Lipinski definition) is 0. The second-order valence-corrected chi connectivity index (χ2v) is 9.65. The summed E-state index contributed by atoms with van der Waals surface area (Å²) in [5, 5.41) is 0. The number of sulfone groups is 2. The zero-order chi connectivity index (χ0) is 17.8. The van der Waals surface area contributed by atoms with Gasteiger partial charge in [-0.05, 0) is 37.0 Å². The van der Waals surface area contributed by atoms with E-state index in [1.807, 2.05) is 0 Å². The molecule has 1 aliphatic carbocycles. The number of nitrogens with zero attached hydrogens (tertiary/aromatic N) is 2. The van der Waals surface area contributed by atoms with Crippen molar-refractivity contribution in [2.45, 2.75) is 30.6 Å². The third-order valence-electron chi connectivity index (χ3n) is 3.81. The Hall–Kier alpha value is -1.83. The van der Waals surface area contributed by atoms with Crippen LogP contribution in [0.3, 0.4) is 0 Å². The molecule has 0 amide bonds. The smallest absolute Gasteiger partial charge is 0.359 e. The van der Waals surface area contributed by atoms with Gasteiger partial charge < -0.3 is 5.53 Å². The summed E-state index contributed by atoms with van der Waals surface area (Å²) >= 11 is 0. The van der Waals surface area contributed by atoms with E-state index in [0.29, 0.717) is 6.07 Å². The standard InChI is InChI=1S/C15H17FN2O4S2/c16-13-8-3-9-14(11-13)24(21,22)15(18-17)23(19,20)10-4-7-12-5-1-2-6-12/h3-4,7-9,11-12H,1-2,5-6,10H2. The molecule has 0 aromatic heterocycles. The van der Waals surface area contributed by atoms with E-state index in [4.69, 9.17) is 5.53 Å². The minimum atomic E-state index is -4.64. The topological polar surface area (TPSA) is 105 Å². The molecular weight excluding hydrogens is 355 g/mol. The average Bonchev–Trinajstić information content (AvgIpc) is 3.00. The van der Waals surface area contributed by atoms with Crippen LogP contribution < -0.4 is 0 Å². The van der Waals surface area contributed by atoms with Crippen molar-refractivity contribution in [3.63, 3.8) is 0 Å². The largest absolute Gasteiger partial charge is 0.499 e. The van der Waals surface area contributed by atoms with Crippen LogP contribution in [0.25, 0.3) is 5.53 Å². The van der Waals surface area contributed by atoms with Gasteiger partial charge in [0.05, 0.1) is 10.6 Å². The molecule has 1 saturated carbocycles. The summed E-state index contributed by atoms with van der Waals surface area (Å²) in [6, 6.07) is 3.86. The van der Waals surface area contributed by atoms with E-state index in [0.717, 1.165) is 43.9 Å². The molecule has 24 heavy (non-hydrogen) atoms. The van der Waals surface area contributed by atoms with Gasteiger partial charge in [0, 0.05) is 0 Å². The lowest BCUT2D eigenvalue weighted by atomic mass is 10.1. The van der Waals surface area contributed by atoms with Crippen LogP contribution in [0.4, 0.5) is 4.39 Å². The molecule has 0 bridgehead atoms. The molecule has 130 valence electrons. The Bertz CT molecular complexity index is 895. The Morgan fingerprint density at radius 1 is 1.25 bits per heavy atom. The van der Waals surface area contributed by atoms with E-state index in [1.165, 1.54) is 6.08 Å². The fourth-order valence-electron chi connectivity index (χ4n) is 2.61. The lowest BCUT2D eigenvalue weighted by Crippen LogP contribution is -2.27. The molecule has 0 aliphatic heterocycles. The van der Waals surface area contributed by atoms with Crippen LogP contribution in [-0.2, 0) is 19.7 Å². The number of halogens is 1. The molecule has 9 heteroatoms. The van der Waals surface area contributed by atoms with Crippen LogP contribution in [0.5, 0.6) is 0 Å². The maximum atomic E-state index is 13.2. The zero-order valence-electron chi connectivity index (χ0n) is 12.8. The number of benzene rings is 1. The number of rotatable bonds is 4. The molecule has 1 fully saturated rings. The summed E-state index contributed by atoms with van der Waals surface area (Å²) < 4.78 is 60.9. The molecule has 0 unspecified atom stereocenters. The summed E-state index contributed by atoms with van der Waals surface area (Å²) in [5.74, 6) is -1.15. The van der Waals surface area contributed by atoms with E-state index in [9.17, 15) is 21.2 Å². The van der Waals surface area contributed by atoms with Gasteiger partial charge in [-0.3, -0.25) is 0 Å². The van der Waals surface area contributed by atoms with Gasteiger partial charge in [0.1, 0.15) is 5.82 Å². The first-order valence-electron chi connectivity index (χ1n) is 7.39. The molecule has 0 heterocycles. The summed E-state index contributed by atoms with van der Waals surface area (Å²) in [5.41, 5.74) is 8.95. The Kier molecular flexibility index (Phi) is 5.69. The van der Waals surface area contributed by atoms with Crippen molar-refractivity contribution in [1.82, 2.24) is 0 Å². The van der Waals surface area contributed by atoms with Crippen molar-refractivity contribution in [2.24, 2.45) is 5.92 Å². The van der Waals surface area contributed by atoms with Crippen LogP contribution in [0, 0.1) is 11.7 Å². The van der Waals surface area contributed by atoms with E-state index >= 15 is 0 Å². The predicted molar refractivity (Wildman–Crippen MR) is 87.1 cm³/mol. The summed E-state index contributed by atoms with van der Waals surface area (Å²) in [4.78, 5) is 1.89. The molecule has 1 aromatic rings. The normalized spacial score (nSPS) is 16.4. The second-order valence-electron chi connectivity index (χ2n) is 5.58. The highest BCUT2D eigenvalue weighted by Gasteiger charge is 2.42. The van der Waals surface area contributed by atoms with Gasteiger partial charge in [0.25, 0.3) is 19.7 Å². The molecule has 1 aliphatic rings. The molecule has 0 N–H and O–H groups in total. The summed E-state index contributed by atoms with van der Waals surface area (Å²) in [6.45, 7) is 0. The summed E-state index contributed by atoms with van der Waals surface area (Å²) in [7, 11) is -9.02. The first-order valence-corrected chi connectivity index (χ1v) is 10.5. The van der Waals surface area contributed by atoms with Gasteiger partial charge in [-0.1, -0.05) is 31.1 Å². The Morgan fingerprint density at radius 2 is 1.92 bits per heavy atom. The van der Waals surface area contributed by atoms with Crippen LogP contribution in [0.15, 0.2) is 41.3 Å². The van der Waals surface area contributed by atoms with E-state index in [1.54, 1.807) is 6.08 Å². The Morgan fingerprint density at radius 3 is 2.50 bits per heavy atom. The average molecular weight is 372 g/mol. The fourth-order valence-corrected chi connectivity index (χ4v) is 5.91. The molecule has 2 rings (SSSR count). The van der Waals surface area contributed by atoms with Crippen molar-refractivity contribution in [2.75, 3.05) is 5.75 Å². The van der Waals surface area contributed by atoms with Crippen molar-refractivity contribution >= 4 is 24.1 Å². The predicted octanol–water partition coefficient (Wildman–Crippen LogP) is 2.35. The first kappa shape index (κ1) is 18.5. The molecular formula is C15H17FN2O4S2. The molecule has 0 saturated heterocycles. The van der Waals surface area contributed by atoms with E-state index in [2.05, 4.69) is 4.79 Å². The van der Waals surface area contributed by atoms with Gasteiger partial charge in [-0.15, -0.1) is 4.79 Å². The van der Waals surface area contributed by atoms with E-state index in [-0.39, 0.29) is 5.92 Å². The van der Waals surface area contributed by atoms with Crippen LogP contribution in [-0.4, -0.2) is 31.8 Å². The highest BCUT2D eigenvalue weighted by Crippen LogP contribution is 2.25. The van der Waals surface area contributed by atoms with Crippen molar-refractivity contribution in [3.05, 3.63) is 47.8 Å². The van der Waals surface area contributed by atoms with Crippen molar-refractivity contribution < 1.29 is 26.0 Å². The molecule has 0 spiro atoms. The highest BCUT2D eigenvalue weighted by molar-refractivity contribution is 8.31. The lowest BCUT2D eigenvalue weighted by molar-refractivity contribution is 0.00383. The Balaban J connectivity index is 2.27. The molecule has 0 atom stereocenters. The zero-order valence-corrected chi connectivity index (χ0v) is 14.4.